The minimum Gasteiger partial charge on any atom is -0.376 e. The van der Waals surface area contributed by atoms with Crippen LogP contribution in [0.15, 0.2) is 24.5 Å². The highest BCUT2D eigenvalue weighted by Gasteiger charge is 2.20. The number of benzene rings is 1. The van der Waals surface area contributed by atoms with Crippen molar-refractivity contribution in [2.24, 2.45) is 0 Å². The van der Waals surface area contributed by atoms with Crippen LogP contribution in [-0.4, -0.2) is 51.7 Å². The Hall–Kier alpha value is -2.03. The first kappa shape index (κ1) is 19.3. The molecule has 0 bridgehead atoms. The van der Waals surface area contributed by atoms with Crippen LogP contribution in [0.25, 0.3) is 22.4 Å². The van der Waals surface area contributed by atoms with Crippen LogP contribution in [0.4, 0.5) is 0 Å². The van der Waals surface area contributed by atoms with Crippen molar-refractivity contribution in [1.82, 2.24) is 24.3 Å². The molecule has 1 aliphatic heterocycles. The summed E-state index contributed by atoms with van der Waals surface area (Å²) in [4.78, 5) is 4.58. The first-order chi connectivity index (χ1) is 13.4. The molecule has 28 heavy (non-hydrogen) atoms. The van der Waals surface area contributed by atoms with Crippen molar-refractivity contribution in [3.8, 4) is 11.4 Å². The minimum absolute atomic E-state index is 0.316. The molecule has 0 amide bonds. The van der Waals surface area contributed by atoms with Crippen molar-refractivity contribution in [3.05, 3.63) is 30.4 Å². The van der Waals surface area contributed by atoms with Crippen LogP contribution >= 0.6 is 0 Å². The third-order valence-corrected chi connectivity index (χ3v) is 6.93. The molecule has 0 spiro atoms. The van der Waals surface area contributed by atoms with E-state index in [9.17, 15) is 0 Å². The lowest BCUT2D eigenvalue weighted by Gasteiger charge is -2.26. The Morgan fingerprint density at radius 3 is 2.79 bits per heavy atom. The summed E-state index contributed by atoms with van der Waals surface area (Å²) in [7, 11) is -1.09. The molecule has 3 aromatic rings. The van der Waals surface area contributed by atoms with E-state index >= 15 is 0 Å². The summed E-state index contributed by atoms with van der Waals surface area (Å²) in [6, 6.07) is 7.42. The fourth-order valence-corrected chi connectivity index (χ4v) is 4.04. The van der Waals surface area contributed by atoms with Gasteiger partial charge < -0.3 is 14.0 Å². The smallest absolute Gasteiger partial charge is 0.165 e. The second-order valence-corrected chi connectivity index (χ2v) is 14.4. The molecule has 8 heteroatoms. The highest BCUT2D eigenvalue weighted by atomic mass is 28.3. The summed E-state index contributed by atoms with van der Waals surface area (Å²) in [5.41, 5.74) is 3.09. The van der Waals surface area contributed by atoms with Gasteiger partial charge in [-0.25, -0.2) is 4.98 Å². The minimum atomic E-state index is -1.09. The molecule has 1 fully saturated rings. The Balaban J connectivity index is 1.51. The summed E-state index contributed by atoms with van der Waals surface area (Å²) < 4.78 is 15.7. The third-order valence-electron chi connectivity index (χ3n) is 5.23. The van der Waals surface area contributed by atoms with E-state index in [0.29, 0.717) is 12.8 Å². The quantitative estimate of drug-likeness (QED) is 0.427. The summed E-state index contributed by atoms with van der Waals surface area (Å²) in [6.45, 7) is 12.0. The van der Waals surface area contributed by atoms with Crippen LogP contribution in [0.1, 0.15) is 12.2 Å². The Bertz CT molecular complexity index is 955. The molecule has 0 saturated carbocycles. The van der Waals surface area contributed by atoms with E-state index in [-0.39, 0.29) is 0 Å². The van der Waals surface area contributed by atoms with Crippen molar-refractivity contribution in [1.29, 1.82) is 0 Å². The van der Waals surface area contributed by atoms with Gasteiger partial charge in [-0.1, -0.05) is 19.6 Å². The fourth-order valence-electron chi connectivity index (χ4n) is 3.28. The molecule has 0 N–H and O–H groups in total. The normalized spacial score (nSPS) is 17.2. The fraction of sp³-hybridized carbons (Fsp3) is 0.550. The Kier molecular flexibility index (Phi) is 5.35. The maximum absolute atomic E-state index is 5.94. The average molecular weight is 400 g/mol. The van der Waals surface area contributed by atoms with Crippen molar-refractivity contribution in [2.75, 3.05) is 13.2 Å². The van der Waals surface area contributed by atoms with Crippen molar-refractivity contribution in [3.63, 3.8) is 0 Å². The van der Waals surface area contributed by atoms with Gasteiger partial charge >= 0.3 is 0 Å². The summed E-state index contributed by atoms with van der Waals surface area (Å²) in [5, 5.41) is 8.65. The summed E-state index contributed by atoms with van der Waals surface area (Å²) in [6.07, 6.45) is 3.33. The van der Waals surface area contributed by atoms with Gasteiger partial charge in [-0.3, -0.25) is 4.57 Å². The van der Waals surface area contributed by atoms with Crippen molar-refractivity contribution < 1.29 is 9.47 Å². The molecule has 3 heterocycles. The molecule has 7 nitrogen and oxygen atoms in total. The number of rotatable bonds is 8. The van der Waals surface area contributed by atoms with Crippen LogP contribution in [-0.2, 0) is 22.7 Å². The van der Waals surface area contributed by atoms with Gasteiger partial charge in [-0.2, -0.15) is 0 Å². The Morgan fingerprint density at radius 1 is 1.25 bits per heavy atom. The lowest BCUT2D eigenvalue weighted by atomic mass is 10.1. The number of hydrogen-bond acceptors (Lipinski definition) is 5. The highest BCUT2D eigenvalue weighted by molar-refractivity contribution is 6.76. The van der Waals surface area contributed by atoms with Gasteiger partial charge in [-0.05, 0) is 37.6 Å². The van der Waals surface area contributed by atoms with Gasteiger partial charge in [0.2, 0.25) is 0 Å². The van der Waals surface area contributed by atoms with Gasteiger partial charge in [0.25, 0.3) is 0 Å². The van der Waals surface area contributed by atoms with Crippen LogP contribution in [0.2, 0.25) is 25.7 Å². The molecule has 0 aliphatic carbocycles. The first-order valence-corrected chi connectivity index (χ1v) is 13.7. The van der Waals surface area contributed by atoms with Crippen LogP contribution in [0, 0.1) is 6.92 Å². The average Bonchev–Trinajstić information content (AvgIpc) is 3.17. The van der Waals surface area contributed by atoms with E-state index in [1.807, 2.05) is 17.8 Å². The first-order valence-electron chi connectivity index (χ1n) is 9.95. The van der Waals surface area contributed by atoms with Crippen LogP contribution < -0.4 is 0 Å². The van der Waals surface area contributed by atoms with E-state index in [1.165, 1.54) is 0 Å². The number of ether oxygens (including phenoxy) is 2. The third kappa shape index (κ3) is 4.18. The molecular weight excluding hydrogens is 370 g/mol. The SMILES string of the molecule is Cc1nnc(-c2ccc3c(c2)ncn3CC2CCO2)n1COCC[Si](C)(C)C. The molecule has 1 aromatic carbocycles. The molecule has 2 aromatic heterocycles. The molecule has 4 rings (SSSR count). The second-order valence-electron chi connectivity index (χ2n) is 8.73. The summed E-state index contributed by atoms with van der Waals surface area (Å²) in [5.74, 6) is 1.68. The van der Waals surface area contributed by atoms with Crippen molar-refractivity contribution >= 4 is 19.1 Å². The number of nitrogens with zero attached hydrogens (tertiary/aromatic N) is 5. The van der Waals surface area contributed by atoms with Gasteiger partial charge in [0.15, 0.2) is 5.82 Å². The van der Waals surface area contributed by atoms with Crippen LogP contribution in [0.5, 0.6) is 0 Å². The number of aryl methyl sites for hydroxylation is 1. The van der Waals surface area contributed by atoms with Gasteiger partial charge in [0.1, 0.15) is 12.6 Å². The van der Waals surface area contributed by atoms with Gasteiger partial charge in [-0.15, -0.1) is 10.2 Å². The lowest BCUT2D eigenvalue weighted by molar-refractivity contribution is -0.0586. The van der Waals surface area contributed by atoms with Gasteiger partial charge in [0.05, 0.1) is 30.0 Å². The van der Waals surface area contributed by atoms with E-state index in [4.69, 9.17) is 9.47 Å². The standard InChI is InChI=1S/C20H29N5O2Si/c1-15-22-23-20(25(15)14-26-9-10-28(2,3)4)16-5-6-19-18(11-16)21-13-24(19)12-17-7-8-27-17/h5-6,11,13,17H,7-10,12,14H2,1-4H3. The maximum atomic E-state index is 5.94. The number of fused-ring (bicyclic) bond motifs is 1. The van der Waals surface area contributed by atoms with Gasteiger partial charge in [0, 0.05) is 26.9 Å². The van der Waals surface area contributed by atoms with E-state index in [2.05, 4.69) is 57.6 Å². The van der Waals surface area contributed by atoms with E-state index in [1.54, 1.807) is 0 Å². The van der Waals surface area contributed by atoms with E-state index in [0.717, 1.165) is 60.5 Å². The zero-order valence-corrected chi connectivity index (χ0v) is 18.2. The maximum Gasteiger partial charge on any atom is 0.165 e. The molecule has 0 radical (unpaired) electrons. The number of aromatic nitrogens is 5. The topological polar surface area (TPSA) is 67.0 Å². The molecular formula is C20H29N5O2Si. The molecule has 1 saturated heterocycles. The predicted octanol–water partition coefficient (Wildman–Crippen LogP) is 3.70. The largest absolute Gasteiger partial charge is 0.376 e. The van der Waals surface area contributed by atoms with E-state index < -0.39 is 8.07 Å². The predicted molar refractivity (Wildman–Crippen MR) is 112 cm³/mol. The number of imidazole rings is 1. The molecule has 1 atom stereocenters. The van der Waals surface area contributed by atoms with Crippen LogP contribution in [0.3, 0.4) is 0 Å². The lowest BCUT2D eigenvalue weighted by Crippen LogP contribution is -2.30. The molecule has 1 aliphatic rings. The highest BCUT2D eigenvalue weighted by Crippen LogP contribution is 2.25. The summed E-state index contributed by atoms with van der Waals surface area (Å²) >= 11 is 0. The molecule has 150 valence electrons. The zero-order valence-electron chi connectivity index (χ0n) is 17.2. The van der Waals surface area contributed by atoms with Crippen molar-refractivity contribution in [2.45, 2.75) is 58.4 Å². The molecule has 1 unspecified atom stereocenters. The number of hydrogen-bond donors (Lipinski definition) is 0. The Morgan fingerprint density at radius 2 is 2.07 bits per heavy atom. The Labute approximate surface area is 166 Å². The monoisotopic (exact) mass is 399 g/mol. The second kappa shape index (κ2) is 7.77. The zero-order chi connectivity index (χ0) is 19.7.